The van der Waals surface area contributed by atoms with E-state index in [0.717, 1.165) is 0 Å². The van der Waals surface area contributed by atoms with Gasteiger partial charge in [-0.2, -0.15) is 0 Å². The van der Waals surface area contributed by atoms with Crippen LogP contribution in [0.5, 0.6) is 5.75 Å². The predicted octanol–water partition coefficient (Wildman–Crippen LogP) is -1.65. The van der Waals surface area contributed by atoms with E-state index in [2.05, 4.69) is 0 Å². The standard InChI is InChI=1S/C23H28O12/c1-20-8-22(30)13-6-23(20,33-18-16(28)15(27)14(26)12(7-24)32-18)21(13,19(34-20)35-22)9-31-17(29)10-2-4-11(25)5-3-10/h2-5,12-16,18-19,24-28,30H,6-9H2,1H3/t12-,13-,14+,15+,16-,18+,19-,20+,21+,22-,23+/m1/s1. The van der Waals surface area contributed by atoms with Crippen LogP contribution in [0.3, 0.4) is 0 Å². The van der Waals surface area contributed by atoms with Crippen LogP contribution in [0.4, 0.5) is 0 Å². The molecular formula is C23H28O12. The summed E-state index contributed by atoms with van der Waals surface area (Å²) in [4.78, 5) is 12.7. The van der Waals surface area contributed by atoms with Crippen molar-refractivity contribution >= 4 is 5.97 Å². The van der Waals surface area contributed by atoms with E-state index >= 15 is 0 Å². The number of esters is 1. The van der Waals surface area contributed by atoms with Crippen molar-refractivity contribution < 1.29 is 59.1 Å². The molecule has 0 unspecified atom stereocenters. The lowest BCUT2D eigenvalue weighted by Gasteiger charge is -2.67. The van der Waals surface area contributed by atoms with Crippen LogP contribution in [0.15, 0.2) is 24.3 Å². The first-order valence-electron chi connectivity index (χ1n) is 11.5. The third-order valence-electron chi connectivity index (χ3n) is 8.66. The average Bonchev–Trinajstić information content (AvgIpc) is 3.00. The van der Waals surface area contributed by atoms with Gasteiger partial charge in [0, 0.05) is 12.3 Å². The second-order valence-electron chi connectivity index (χ2n) is 10.4. The Morgan fingerprint density at radius 3 is 2.51 bits per heavy atom. The summed E-state index contributed by atoms with van der Waals surface area (Å²) in [7, 11) is 0. The van der Waals surface area contributed by atoms with Gasteiger partial charge in [-0.15, -0.1) is 0 Å². The highest BCUT2D eigenvalue weighted by atomic mass is 16.8. The van der Waals surface area contributed by atoms with Gasteiger partial charge in [0.2, 0.25) is 0 Å². The maximum Gasteiger partial charge on any atom is 0.338 e. The molecule has 6 bridgehead atoms. The molecule has 8 rings (SSSR count). The Labute approximate surface area is 199 Å². The number of carbonyl (C=O) groups is 1. The zero-order chi connectivity index (χ0) is 25.0. The Morgan fingerprint density at radius 1 is 1.11 bits per heavy atom. The Bertz CT molecular complexity index is 1030. The summed E-state index contributed by atoms with van der Waals surface area (Å²) in [5.74, 6) is -2.68. The Balaban J connectivity index is 1.31. The monoisotopic (exact) mass is 496 g/mol. The van der Waals surface area contributed by atoms with Crippen LogP contribution in [0.2, 0.25) is 0 Å². The first-order valence-corrected chi connectivity index (χ1v) is 11.5. The molecule has 0 radical (unpaired) electrons. The third kappa shape index (κ3) is 2.80. The fraction of sp³-hybridized carbons (Fsp3) is 0.696. The Morgan fingerprint density at radius 2 is 1.83 bits per heavy atom. The molecule has 3 saturated carbocycles. The molecular weight excluding hydrogens is 468 g/mol. The molecule has 12 heteroatoms. The normalized spacial score (nSPS) is 51.3. The van der Waals surface area contributed by atoms with Crippen molar-refractivity contribution in [3.8, 4) is 5.75 Å². The molecule has 192 valence electrons. The van der Waals surface area contributed by atoms with E-state index < -0.39 is 77.9 Å². The summed E-state index contributed by atoms with van der Waals surface area (Å²) in [6.07, 6.45) is -8.10. The zero-order valence-corrected chi connectivity index (χ0v) is 18.8. The minimum Gasteiger partial charge on any atom is -0.508 e. The highest BCUT2D eigenvalue weighted by molar-refractivity contribution is 5.89. The van der Waals surface area contributed by atoms with Gasteiger partial charge in [-0.1, -0.05) is 0 Å². The molecule has 7 fully saturated rings. The van der Waals surface area contributed by atoms with E-state index in [4.69, 9.17) is 23.7 Å². The fourth-order valence-electron chi connectivity index (χ4n) is 6.90. The molecule has 11 atom stereocenters. The summed E-state index contributed by atoms with van der Waals surface area (Å²) in [6.45, 7) is 0.878. The van der Waals surface area contributed by atoms with Crippen molar-refractivity contribution in [3.63, 3.8) is 0 Å². The van der Waals surface area contributed by atoms with E-state index in [1.165, 1.54) is 24.3 Å². The molecule has 7 aliphatic rings. The van der Waals surface area contributed by atoms with Gasteiger partial charge in [0.1, 0.15) is 48.0 Å². The molecule has 0 aromatic heterocycles. The van der Waals surface area contributed by atoms with Gasteiger partial charge >= 0.3 is 5.97 Å². The first kappa shape index (κ1) is 23.5. The van der Waals surface area contributed by atoms with Gasteiger partial charge in [0.25, 0.3) is 0 Å². The minimum absolute atomic E-state index is 0.00282. The number of hydrogen-bond donors (Lipinski definition) is 6. The van der Waals surface area contributed by atoms with Crippen molar-refractivity contribution in [2.45, 2.75) is 73.8 Å². The molecule has 35 heavy (non-hydrogen) atoms. The molecule has 0 amide bonds. The maximum absolute atomic E-state index is 12.7. The lowest BCUT2D eigenvalue weighted by Crippen LogP contribution is -2.80. The number of phenolic OH excluding ortho intramolecular Hbond substituents is 1. The number of benzene rings is 1. The van der Waals surface area contributed by atoms with E-state index in [-0.39, 0.29) is 30.8 Å². The number of aliphatic hydroxyl groups is 5. The number of phenols is 1. The molecule has 4 saturated heterocycles. The lowest BCUT2D eigenvalue weighted by atomic mass is 9.41. The molecule has 1 aromatic carbocycles. The number of aliphatic hydroxyl groups excluding tert-OH is 4. The van der Waals surface area contributed by atoms with Crippen molar-refractivity contribution in [1.29, 1.82) is 0 Å². The van der Waals surface area contributed by atoms with E-state index in [9.17, 15) is 35.4 Å². The average molecular weight is 496 g/mol. The Kier molecular flexibility index (Phi) is 4.93. The van der Waals surface area contributed by atoms with Crippen molar-refractivity contribution in [2.24, 2.45) is 11.3 Å². The second-order valence-corrected chi connectivity index (χ2v) is 10.4. The highest BCUT2D eigenvalue weighted by Crippen LogP contribution is 2.81. The predicted molar refractivity (Wildman–Crippen MR) is 110 cm³/mol. The minimum atomic E-state index is -1.64. The van der Waals surface area contributed by atoms with Crippen LogP contribution in [0, 0.1) is 11.3 Å². The van der Waals surface area contributed by atoms with Gasteiger partial charge in [-0.05, 0) is 37.6 Å². The number of carbonyl (C=O) groups excluding carboxylic acids is 1. The first-order chi connectivity index (χ1) is 16.5. The number of hydrogen-bond acceptors (Lipinski definition) is 12. The van der Waals surface area contributed by atoms with Gasteiger partial charge in [0.05, 0.1) is 17.6 Å². The van der Waals surface area contributed by atoms with Crippen molar-refractivity contribution in [3.05, 3.63) is 29.8 Å². The molecule has 12 nitrogen and oxygen atoms in total. The van der Waals surface area contributed by atoms with Gasteiger partial charge in [-0.25, -0.2) is 4.79 Å². The molecule has 4 aliphatic heterocycles. The van der Waals surface area contributed by atoms with Gasteiger partial charge in [0.15, 0.2) is 18.4 Å². The number of ether oxygens (including phenoxy) is 5. The van der Waals surface area contributed by atoms with Crippen molar-refractivity contribution in [2.75, 3.05) is 13.2 Å². The number of rotatable bonds is 6. The largest absolute Gasteiger partial charge is 0.508 e. The van der Waals surface area contributed by atoms with Gasteiger partial charge < -0.3 is 54.3 Å². The number of aromatic hydroxyl groups is 1. The second kappa shape index (κ2) is 7.34. The van der Waals surface area contributed by atoms with Crippen LogP contribution in [-0.4, -0.2) is 104 Å². The van der Waals surface area contributed by atoms with Crippen LogP contribution in [0.25, 0.3) is 0 Å². The fourth-order valence-corrected chi connectivity index (χ4v) is 6.90. The van der Waals surface area contributed by atoms with Crippen LogP contribution < -0.4 is 0 Å². The highest BCUT2D eigenvalue weighted by Gasteiger charge is 2.94. The Hall–Kier alpha value is -1.87. The van der Waals surface area contributed by atoms with Crippen molar-refractivity contribution in [1.82, 2.24) is 0 Å². The molecule has 4 heterocycles. The smallest absolute Gasteiger partial charge is 0.338 e. The SMILES string of the molecule is C[C@@]12C[C@@]3(O)O[C@@H](O1)[C@]1(COC(=O)c4ccc(O)cc4)[C@H]3C[C@@]12O[C@@H]1O[C@H](CO)[C@H](O)[C@H](O)[C@H]1O. The lowest BCUT2D eigenvalue weighted by molar-refractivity contribution is -0.424. The zero-order valence-electron chi connectivity index (χ0n) is 18.8. The molecule has 0 spiro atoms. The summed E-state index contributed by atoms with van der Waals surface area (Å²) >= 11 is 0. The summed E-state index contributed by atoms with van der Waals surface area (Å²) < 4.78 is 29.6. The van der Waals surface area contributed by atoms with Gasteiger partial charge in [-0.3, -0.25) is 0 Å². The van der Waals surface area contributed by atoms with E-state index in [1.807, 2.05) is 0 Å². The summed E-state index contributed by atoms with van der Waals surface area (Å²) in [5, 5.41) is 61.2. The summed E-state index contributed by atoms with van der Waals surface area (Å²) in [6, 6.07) is 5.54. The van der Waals surface area contributed by atoms with E-state index in [0.29, 0.717) is 0 Å². The maximum atomic E-state index is 12.7. The molecule has 1 aromatic rings. The summed E-state index contributed by atoms with van der Waals surface area (Å²) in [5.41, 5.74) is -3.27. The van der Waals surface area contributed by atoms with E-state index in [1.54, 1.807) is 6.92 Å². The van der Waals surface area contributed by atoms with Crippen LogP contribution >= 0.6 is 0 Å². The molecule has 6 N–H and O–H groups in total. The third-order valence-corrected chi connectivity index (χ3v) is 8.66. The molecule has 3 aliphatic carbocycles. The van der Waals surface area contributed by atoms with Crippen LogP contribution in [-0.2, 0) is 23.7 Å². The van der Waals surface area contributed by atoms with Crippen LogP contribution in [0.1, 0.15) is 30.1 Å². The topological polar surface area (TPSA) is 185 Å². The quantitative estimate of drug-likeness (QED) is 0.247.